The Labute approximate surface area is 115 Å². The van der Waals surface area contributed by atoms with Crippen LogP contribution in [0.4, 0.5) is 0 Å². The molecule has 1 fully saturated rings. The molecule has 3 heteroatoms. The molecule has 1 aromatic carbocycles. The van der Waals surface area contributed by atoms with Gasteiger partial charge in [0.05, 0.1) is 11.7 Å². The highest BCUT2D eigenvalue weighted by atomic mass is 32.2. The Morgan fingerprint density at radius 3 is 2.72 bits per heavy atom. The zero-order valence-corrected chi connectivity index (χ0v) is 12.4. The van der Waals surface area contributed by atoms with Gasteiger partial charge in [-0.3, -0.25) is 4.90 Å². The van der Waals surface area contributed by atoms with Gasteiger partial charge in [-0.05, 0) is 32.9 Å². The summed E-state index contributed by atoms with van der Waals surface area (Å²) in [6, 6.07) is 10.6. The molecule has 1 aliphatic rings. The summed E-state index contributed by atoms with van der Waals surface area (Å²) in [4.78, 5) is 3.88. The highest BCUT2D eigenvalue weighted by molar-refractivity contribution is 7.99. The first-order valence-corrected chi connectivity index (χ1v) is 7.62. The van der Waals surface area contributed by atoms with E-state index in [1.54, 1.807) is 0 Å². The Hall–Kier alpha value is -0.510. The Balaban J connectivity index is 1.76. The van der Waals surface area contributed by atoms with Crippen LogP contribution in [0.1, 0.15) is 20.8 Å². The first-order valence-electron chi connectivity index (χ1n) is 6.63. The second-order valence-corrected chi connectivity index (χ2v) is 6.75. The molecule has 0 spiro atoms. The summed E-state index contributed by atoms with van der Waals surface area (Å²) < 4.78 is 5.92. The lowest BCUT2D eigenvalue weighted by Gasteiger charge is -2.41. The SMILES string of the molecule is CC1CN(CCSc2ccccc2)CC(C)(C)O1. The van der Waals surface area contributed by atoms with Crippen LogP contribution in [0.25, 0.3) is 0 Å². The van der Waals surface area contributed by atoms with E-state index in [-0.39, 0.29) is 5.60 Å². The molecule has 2 rings (SSSR count). The van der Waals surface area contributed by atoms with E-state index in [1.165, 1.54) is 4.90 Å². The van der Waals surface area contributed by atoms with Crippen molar-refractivity contribution in [2.45, 2.75) is 37.4 Å². The van der Waals surface area contributed by atoms with Crippen LogP contribution < -0.4 is 0 Å². The van der Waals surface area contributed by atoms with Crippen LogP contribution in [0.15, 0.2) is 35.2 Å². The molecule has 1 saturated heterocycles. The van der Waals surface area contributed by atoms with Gasteiger partial charge in [0.25, 0.3) is 0 Å². The normalized spacial score (nSPS) is 24.1. The first kappa shape index (κ1) is 13.9. The number of rotatable bonds is 4. The summed E-state index contributed by atoms with van der Waals surface area (Å²) in [5, 5.41) is 0. The van der Waals surface area contributed by atoms with E-state index in [4.69, 9.17) is 4.74 Å². The average Bonchev–Trinajstić information content (AvgIpc) is 2.27. The number of ether oxygens (including phenoxy) is 1. The number of hydrogen-bond acceptors (Lipinski definition) is 3. The molecule has 2 nitrogen and oxygen atoms in total. The van der Waals surface area contributed by atoms with E-state index in [0.29, 0.717) is 6.10 Å². The molecule has 0 aromatic heterocycles. The molecule has 18 heavy (non-hydrogen) atoms. The van der Waals surface area contributed by atoms with Crippen molar-refractivity contribution in [3.05, 3.63) is 30.3 Å². The zero-order valence-electron chi connectivity index (χ0n) is 11.6. The van der Waals surface area contributed by atoms with E-state index in [1.807, 2.05) is 11.8 Å². The van der Waals surface area contributed by atoms with Crippen molar-refractivity contribution in [3.8, 4) is 0 Å². The highest BCUT2D eigenvalue weighted by Crippen LogP contribution is 2.22. The molecule has 1 unspecified atom stereocenters. The smallest absolute Gasteiger partial charge is 0.0757 e. The predicted molar refractivity (Wildman–Crippen MR) is 78.2 cm³/mol. The first-order chi connectivity index (χ1) is 8.55. The predicted octanol–water partition coefficient (Wildman–Crippen LogP) is 3.28. The second-order valence-electron chi connectivity index (χ2n) is 5.58. The molecule has 100 valence electrons. The van der Waals surface area contributed by atoms with Crippen LogP contribution in [0.5, 0.6) is 0 Å². The van der Waals surface area contributed by atoms with Crippen molar-refractivity contribution in [2.75, 3.05) is 25.4 Å². The lowest BCUT2D eigenvalue weighted by Crippen LogP contribution is -2.52. The minimum absolute atomic E-state index is 0.00488. The van der Waals surface area contributed by atoms with Gasteiger partial charge in [-0.2, -0.15) is 0 Å². The fourth-order valence-electron chi connectivity index (χ4n) is 2.57. The molecule has 1 aliphatic heterocycles. The van der Waals surface area contributed by atoms with Gasteiger partial charge in [-0.1, -0.05) is 18.2 Å². The Morgan fingerprint density at radius 2 is 2.06 bits per heavy atom. The molecular formula is C15H23NOS. The van der Waals surface area contributed by atoms with Gasteiger partial charge in [-0.25, -0.2) is 0 Å². The fourth-order valence-corrected chi connectivity index (χ4v) is 3.50. The highest BCUT2D eigenvalue weighted by Gasteiger charge is 2.30. The van der Waals surface area contributed by atoms with Crippen molar-refractivity contribution < 1.29 is 4.74 Å². The molecule has 0 amide bonds. The molecule has 0 saturated carbocycles. The van der Waals surface area contributed by atoms with Gasteiger partial charge in [0.1, 0.15) is 0 Å². The Bertz CT molecular complexity index is 366. The van der Waals surface area contributed by atoms with Crippen molar-refractivity contribution in [3.63, 3.8) is 0 Å². The van der Waals surface area contributed by atoms with Crippen molar-refractivity contribution in [1.29, 1.82) is 0 Å². The lowest BCUT2D eigenvalue weighted by molar-refractivity contribution is -0.127. The number of nitrogens with zero attached hydrogens (tertiary/aromatic N) is 1. The minimum Gasteiger partial charge on any atom is -0.370 e. The monoisotopic (exact) mass is 265 g/mol. The van der Waals surface area contributed by atoms with Crippen LogP contribution in [0.2, 0.25) is 0 Å². The van der Waals surface area contributed by atoms with Gasteiger partial charge < -0.3 is 4.74 Å². The zero-order chi connectivity index (χ0) is 13.0. The van der Waals surface area contributed by atoms with Crippen LogP contribution in [-0.2, 0) is 4.74 Å². The molecule has 0 aliphatic carbocycles. The third-order valence-electron chi connectivity index (χ3n) is 3.06. The molecule has 0 bridgehead atoms. The number of thioether (sulfide) groups is 1. The summed E-state index contributed by atoms with van der Waals surface area (Å²) in [5.41, 5.74) is -0.00488. The average molecular weight is 265 g/mol. The Morgan fingerprint density at radius 1 is 1.33 bits per heavy atom. The Kier molecular flexibility index (Phi) is 4.71. The third-order valence-corrected chi connectivity index (χ3v) is 4.05. The van der Waals surface area contributed by atoms with Gasteiger partial charge in [-0.15, -0.1) is 11.8 Å². The van der Waals surface area contributed by atoms with E-state index in [2.05, 4.69) is 56.0 Å². The second kappa shape index (κ2) is 6.09. The number of hydrogen-bond donors (Lipinski definition) is 0. The largest absolute Gasteiger partial charge is 0.370 e. The van der Waals surface area contributed by atoms with Crippen LogP contribution >= 0.6 is 11.8 Å². The summed E-state index contributed by atoms with van der Waals surface area (Å²) in [6.45, 7) is 9.75. The summed E-state index contributed by atoms with van der Waals surface area (Å²) in [7, 11) is 0. The van der Waals surface area contributed by atoms with Gasteiger partial charge in [0.15, 0.2) is 0 Å². The van der Waals surface area contributed by atoms with Crippen molar-refractivity contribution >= 4 is 11.8 Å². The summed E-state index contributed by atoms with van der Waals surface area (Å²) in [5.74, 6) is 1.15. The van der Waals surface area contributed by atoms with Crippen LogP contribution in [0, 0.1) is 0 Å². The maximum atomic E-state index is 5.92. The third kappa shape index (κ3) is 4.30. The summed E-state index contributed by atoms with van der Waals surface area (Å²) in [6.07, 6.45) is 0.343. The maximum Gasteiger partial charge on any atom is 0.0757 e. The van der Waals surface area contributed by atoms with Gasteiger partial charge in [0, 0.05) is 30.3 Å². The van der Waals surface area contributed by atoms with Gasteiger partial charge in [0.2, 0.25) is 0 Å². The quantitative estimate of drug-likeness (QED) is 0.775. The number of benzene rings is 1. The topological polar surface area (TPSA) is 12.5 Å². The lowest BCUT2D eigenvalue weighted by atomic mass is 10.1. The molecule has 1 aromatic rings. The van der Waals surface area contributed by atoms with E-state index in [9.17, 15) is 0 Å². The van der Waals surface area contributed by atoms with Gasteiger partial charge >= 0.3 is 0 Å². The minimum atomic E-state index is -0.00488. The van der Waals surface area contributed by atoms with Crippen LogP contribution in [-0.4, -0.2) is 42.0 Å². The molecule has 0 N–H and O–H groups in total. The maximum absolute atomic E-state index is 5.92. The van der Waals surface area contributed by atoms with E-state index >= 15 is 0 Å². The van der Waals surface area contributed by atoms with Crippen LogP contribution in [0.3, 0.4) is 0 Å². The fraction of sp³-hybridized carbons (Fsp3) is 0.600. The summed E-state index contributed by atoms with van der Waals surface area (Å²) >= 11 is 1.93. The number of morpholine rings is 1. The van der Waals surface area contributed by atoms with E-state index < -0.39 is 0 Å². The molecule has 0 radical (unpaired) electrons. The molecule has 1 atom stereocenters. The standard InChI is InChI=1S/C15H23NOS/c1-13-11-16(12-15(2,3)17-13)9-10-18-14-7-5-4-6-8-14/h4-8,13H,9-12H2,1-3H3. The molecular weight excluding hydrogens is 242 g/mol. The van der Waals surface area contributed by atoms with Crippen molar-refractivity contribution in [2.24, 2.45) is 0 Å². The van der Waals surface area contributed by atoms with Crippen molar-refractivity contribution in [1.82, 2.24) is 4.90 Å². The molecule has 1 heterocycles. The van der Waals surface area contributed by atoms with E-state index in [0.717, 1.165) is 25.4 Å².